The van der Waals surface area contributed by atoms with Gasteiger partial charge in [0.05, 0.1) is 11.2 Å². The molecule has 0 spiro atoms. The van der Waals surface area contributed by atoms with Gasteiger partial charge in [-0.05, 0) is 36.4 Å². The molecule has 0 saturated heterocycles. The number of hydrogen-bond acceptors (Lipinski definition) is 1. The van der Waals surface area contributed by atoms with E-state index in [0.29, 0.717) is 11.2 Å². The number of phenols is 1. The summed E-state index contributed by atoms with van der Waals surface area (Å²) in [6, 6.07) is 9.88. The van der Waals surface area contributed by atoms with E-state index in [0.717, 1.165) is 14.3 Å². The highest BCUT2D eigenvalue weighted by Crippen LogP contribution is 2.34. The van der Waals surface area contributed by atoms with Gasteiger partial charge in [0.1, 0.15) is 11.6 Å². The van der Waals surface area contributed by atoms with Crippen molar-refractivity contribution in [1.82, 2.24) is 4.57 Å². The average molecular weight is 385 g/mol. The van der Waals surface area contributed by atoms with Crippen LogP contribution in [0.3, 0.4) is 0 Å². The number of benzene rings is 2. The Morgan fingerprint density at radius 1 is 1.05 bits per heavy atom. The van der Waals surface area contributed by atoms with Crippen LogP contribution in [0.1, 0.15) is 0 Å². The molecule has 0 atom stereocenters. The molecule has 96 valence electrons. The van der Waals surface area contributed by atoms with Crippen LogP contribution in [0.4, 0.5) is 4.39 Å². The van der Waals surface area contributed by atoms with E-state index < -0.39 is 0 Å². The maximum absolute atomic E-state index is 14.0. The molecular weight excluding hydrogens is 377 g/mol. The second kappa shape index (κ2) is 4.65. The van der Waals surface area contributed by atoms with Crippen LogP contribution in [0.15, 0.2) is 51.5 Å². The molecule has 0 radical (unpaired) electrons. The van der Waals surface area contributed by atoms with Gasteiger partial charge in [0.2, 0.25) is 0 Å². The predicted molar refractivity (Wildman–Crippen MR) is 80.3 cm³/mol. The molecule has 0 aliphatic carbocycles. The van der Waals surface area contributed by atoms with Crippen molar-refractivity contribution in [2.24, 2.45) is 0 Å². The maximum Gasteiger partial charge on any atom is 0.147 e. The van der Waals surface area contributed by atoms with Crippen LogP contribution in [0.2, 0.25) is 0 Å². The van der Waals surface area contributed by atoms with Crippen LogP contribution < -0.4 is 0 Å². The second-order valence-corrected chi connectivity index (χ2v) is 5.88. The molecule has 0 aliphatic heterocycles. The molecule has 1 N–H and O–H groups in total. The van der Waals surface area contributed by atoms with Gasteiger partial charge < -0.3 is 9.67 Å². The summed E-state index contributed by atoms with van der Waals surface area (Å²) >= 11 is 6.75. The Hall–Kier alpha value is -1.33. The summed E-state index contributed by atoms with van der Waals surface area (Å²) in [6.07, 6.45) is 1.74. The average Bonchev–Trinajstić information content (AvgIpc) is 2.83. The molecule has 2 nitrogen and oxygen atoms in total. The SMILES string of the molecule is Oc1ccc(Br)c2ccn(-c3cc(Br)ccc3F)c12. The van der Waals surface area contributed by atoms with Gasteiger partial charge in [-0.1, -0.05) is 31.9 Å². The topological polar surface area (TPSA) is 25.2 Å². The first-order valence-electron chi connectivity index (χ1n) is 5.52. The lowest BCUT2D eigenvalue weighted by atomic mass is 10.2. The number of aromatic hydroxyl groups is 1. The zero-order chi connectivity index (χ0) is 13.6. The van der Waals surface area contributed by atoms with Crippen molar-refractivity contribution in [3.05, 3.63) is 57.4 Å². The van der Waals surface area contributed by atoms with Gasteiger partial charge in [-0.25, -0.2) is 4.39 Å². The number of phenolic OH excluding ortho intramolecular Hbond substituents is 1. The van der Waals surface area contributed by atoms with E-state index in [1.165, 1.54) is 6.07 Å². The first-order chi connectivity index (χ1) is 9.08. The minimum Gasteiger partial charge on any atom is -0.506 e. The Balaban J connectivity index is 2.38. The fourth-order valence-electron chi connectivity index (χ4n) is 2.08. The molecule has 5 heteroatoms. The van der Waals surface area contributed by atoms with E-state index in [-0.39, 0.29) is 11.6 Å². The zero-order valence-electron chi connectivity index (χ0n) is 9.57. The maximum atomic E-state index is 14.0. The van der Waals surface area contributed by atoms with Gasteiger partial charge in [0.15, 0.2) is 0 Å². The quantitative estimate of drug-likeness (QED) is 0.627. The van der Waals surface area contributed by atoms with E-state index >= 15 is 0 Å². The van der Waals surface area contributed by atoms with Gasteiger partial charge in [-0.15, -0.1) is 0 Å². The van der Waals surface area contributed by atoms with Crippen molar-refractivity contribution >= 4 is 42.8 Å². The summed E-state index contributed by atoms with van der Waals surface area (Å²) < 4.78 is 17.2. The number of halogens is 3. The first kappa shape index (κ1) is 12.7. The van der Waals surface area contributed by atoms with Crippen molar-refractivity contribution in [2.75, 3.05) is 0 Å². The summed E-state index contributed by atoms with van der Waals surface area (Å²) in [5.41, 5.74) is 0.962. The van der Waals surface area contributed by atoms with Crippen molar-refractivity contribution in [2.45, 2.75) is 0 Å². The van der Waals surface area contributed by atoms with Gasteiger partial charge in [-0.2, -0.15) is 0 Å². The molecule has 3 aromatic rings. The third-order valence-electron chi connectivity index (χ3n) is 2.94. The predicted octanol–water partition coefficient (Wildman–Crippen LogP) is 5.00. The number of nitrogens with zero attached hydrogens (tertiary/aromatic N) is 1. The van der Waals surface area contributed by atoms with E-state index in [9.17, 15) is 9.50 Å². The fourth-order valence-corrected chi connectivity index (χ4v) is 2.88. The Morgan fingerprint density at radius 2 is 1.84 bits per heavy atom. The lowest BCUT2D eigenvalue weighted by Crippen LogP contribution is -1.96. The second-order valence-electron chi connectivity index (χ2n) is 4.11. The molecule has 0 fully saturated rings. The zero-order valence-corrected chi connectivity index (χ0v) is 12.7. The first-order valence-corrected chi connectivity index (χ1v) is 7.10. The molecular formula is C14H8Br2FNO. The van der Waals surface area contributed by atoms with E-state index in [4.69, 9.17) is 0 Å². The number of hydrogen-bond donors (Lipinski definition) is 1. The molecule has 0 bridgehead atoms. The van der Waals surface area contributed by atoms with Crippen LogP contribution >= 0.6 is 31.9 Å². The lowest BCUT2D eigenvalue weighted by Gasteiger charge is -2.09. The monoisotopic (exact) mass is 383 g/mol. The van der Waals surface area contributed by atoms with Crippen molar-refractivity contribution in [3.63, 3.8) is 0 Å². The molecule has 1 heterocycles. The number of aromatic nitrogens is 1. The number of fused-ring (bicyclic) bond motifs is 1. The standard InChI is InChI=1S/C14H8Br2FNO/c15-8-1-3-11(17)12(7-8)18-6-5-9-10(16)2-4-13(19)14(9)18/h1-7,19H. The summed E-state index contributed by atoms with van der Waals surface area (Å²) in [6.45, 7) is 0. The Morgan fingerprint density at radius 3 is 2.63 bits per heavy atom. The summed E-state index contributed by atoms with van der Waals surface area (Å²) in [4.78, 5) is 0. The van der Waals surface area contributed by atoms with E-state index in [1.54, 1.807) is 35.0 Å². The highest BCUT2D eigenvalue weighted by molar-refractivity contribution is 9.11. The molecule has 3 rings (SSSR count). The summed E-state index contributed by atoms with van der Waals surface area (Å²) in [7, 11) is 0. The van der Waals surface area contributed by atoms with Crippen LogP contribution in [-0.2, 0) is 0 Å². The van der Waals surface area contributed by atoms with Crippen LogP contribution in [0, 0.1) is 5.82 Å². The minimum absolute atomic E-state index is 0.113. The van der Waals surface area contributed by atoms with Gasteiger partial charge in [-0.3, -0.25) is 0 Å². The largest absolute Gasteiger partial charge is 0.506 e. The molecule has 1 aromatic heterocycles. The van der Waals surface area contributed by atoms with Gasteiger partial charge >= 0.3 is 0 Å². The third-order valence-corrected chi connectivity index (χ3v) is 4.13. The molecule has 19 heavy (non-hydrogen) atoms. The molecule has 0 saturated carbocycles. The Labute approximate surface area is 125 Å². The molecule has 0 amide bonds. The molecule has 0 unspecified atom stereocenters. The third kappa shape index (κ3) is 2.07. The fraction of sp³-hybridized carbons (Fsp3) is 0. The Kier molecular flexibility index (Phi) is 3.11. The smallest absolute Gasteiger partial charge is 0.147 e. The minimum atomic E-state index is -0.347. The number of rotatable bonds is 1. The Bertz CT molecular complexity index is 782. The van der Waals surface area contributed by atoms with Crippen molar-refractivity contribution in [1.29, 1.82) is 0 Å². The highest BCUT2D eigenvalue weighted by atomic mass is 79.9. The molecule has 2 aromatic carbocycles. The van der Waals surface area contributed by atoms with Crippen LogP contribution in [0.5, 0.6) is 5.75 Å². The van der Waals surface area contributed by atoms with E-state index in [1.807, 2.05) is 6.07 Å². The van der Waals surface area contributed by atoms with Crippen molar-refractivity contribution < 1.29 is 9.50 Å². The summed E-state index contributed by atoms with van der Waals surface area (Å²) in [5, 5.41) is 10.8. The molecule has 0 aliphatic rings. The summed E-state index contributed by atoms with van der Waals surface area (Å²) in [5.74, 6) is -0.234. The van der Waals surface area contributed by atoms with Crippen LogP contribution in [-0.4, -0.2) is 9.67 Å². The van der Waals surface area contributed by atoms with Crippen LogP contribution in [0.25, 0.3) is 16.6 Å². The van der Waals surface area contributed by atoms with Gasteiger partial charge in [0.25, 0.3) is 0 Å². The van der Waals surface area contributed by atoms with E-state index in [2.05, 4.69) is 31.9 Å². The van der Waals surface area contributed by atoms with Crippen molar-refractivity contribution in [3.8, 4) is 11.4 Å². The lowest BCUT2D eigenvalue weighted by molar-refractivity contribution is 0.479. The normalized spacial score (nSPS) is 11.1. The highest BCUT2D eigenvalue weighted by Gasteiger charge is 2.13. The van der Waals surface area contributed by atoms with Gasteiger partial charge in [0, 0.05) is 20.5 Å².